The standard InChI is InChI=1S/C15H18N2O3/c18-14-4-2-12(17-14)15(19)16-7-5-10-1-3-13-11(9-10)6-8-20-13/h1,3,9,12H,2,4-8H2,(H,16,19)(H,17,18). The molecule has 1 aromatic carbocycles. The molecule has 1 unspecified atom stereocenters. The zero-order valence-corrected chi connectivity index (χ0v) is 11.3. The van der Waals surface area contributed by atoms with Crippen LogP contribution in [-0.4, -0.2) is 31.0 Å². The smallest absolute Gasteiger partial charge is 0.242 e. The molecule has 2 amide bonds. The molecule has 1 aromatic rings. The second-order valence-electron chi connectivity index (χ2n) is 5.24. The van der Waals surface area contributed by atoms with Crippen molar-refractivity contribution < 1.29 is 14.3 Å². The van der Waals surface area contributed by atoms with Gasteiger partial charge in [0.05, 0.1) is 6.61 Å². The molecule has 0 spiro atoms. The first-order valence-electron chi connectivity index (χ1n) is 7.04. The van der Waals surface area contributed by atoms with E-state index < -0.39 is 0 Å². The fraction of sp³-hybridized carbons (Fsp3) is 0.467. The van der Waals surface area contributed by atoms with Crippen LogP contribution < -0.4 is 15.4 Å². The Hall–Kier alpha value is -2.04. The Kier molecular flexibility index (Phi) is 3.58. The summed E-state index contributed by atoms with van der Waals surface area (Å²) in [5, 5.41) is 5.55. The van der Waals surface area contributed by atoms with E-state index in [1.54, 1.807) is 0 Å². The Morgan fingerprint density at radius 1 is 1.40 bits per heavy atom. The molecular formula is C15H18N2O3. The molecule has 2 heterocycles. The molecule has 0 aliphatic carbocycles. The number of fused-ring (bicyclic) bond motifs is 1. The average Bonchev–Trinajstić information content (AvgIpc) is 3.06. The van der Waals surface area contributed by atoms with Crippen LogP contribution in [0.2, 0.25) is 0 Å². The normalized spacial score (nSPS) is 20.2. The Balaban J connectivity index is 1.48. The second-order valence-corrected chi connectivity index (χ2v) is 5.24. The van der Waals surface area contributed by atoms with Gasteiger partial charge in [0.2, 0.25) is 11.8 Å². The van der Waals surface area contributed by atoms with E-state index >= 15 is 0 Å². The maximum absolute atomic E-state index is 11.8. The minimum Gasteiger partial charge on any atom is -0.493 e. The number of ether oxygens (including phenoxy) is 1. The molecule has 2 N–H and O–H groups in total. The molecule has 0 radical (unpaired) electrons. The van der Waals surface area contributed by atoms with Gasteiger partial charge in [0.1, 0.15) is 11.8 Å². The molecule has 2 aliphatic rings. The van der Waals surface area contributed by atoms with Gasteiger partial charge >= 0.3 is 0 Å². The van der Waals surface area contributed by atoms with Crippen molar-refractivity contribution in [1.29, 1.82) is 0 Å². The van der Waals surface area contributed by atoms with Gasteiger partial charge in [-0.25, -0.2) is 0 Å². The first-order valence-corrected chi connectivity index (χ1v) is 7.04. The van der Waals surface area contributed by atoms with Crippen molar-refractivity contribution in [3.05, 3.63) is 29.3 Å². The van der Waals surface area contributed by atoms with Crippen LogP contribution in [0.1, 0.15) is 24.0 Å². The van der Waals surface area contributed by atoms with Crippen LogP contribution in [0.25, 0.3) is 0 Å². The van der Waals surface area contributed by atoms with E-state index in [1.165, 1.54) is 11.1 Å². The van der Waals surface area contributed by atoms with Gasteiger partial charge in [0.15, 0.2) is 0 Å². The van der Waals surface area contributed by atoms with E-state index in [1.807, 2.05) is 12.1 Å². The summed E-state index contributed by atoms with van der Waals surface area (Å²) < 4.78 is 5.46. The molecule has 2 aliphatic heterocycles. The summed E-state index contributed by atoms with van der Waals surface area (Å²) in [6.07, 6.45) is 2.80. The molecule has 1 atom stereocenters. The minimum atomic E-state index is -0.351. The molecule has 1 saturated heterocycles. The molecule has 0 saturated carbocycles. The third kappa shape index (κ3) is 2.76. The van der Waals surface area contributed by atoms with Gasteiger partial charge in [-0.15, -0.1) is 0 Å². The molecule has 1 fully saturated rings. The van der Waals surface area contributed by atoms with Gasteiger partial charge < -0.3 is 15.4 Å². The van der Waals surface area contributed by atoms with Crippen molar-refractivity contribution in [2.75, 3.05) is 13.2 Å². The Labute approximate surface area is 117 Å². The van der Waals surface area contributed by atoms with Crippen LogP contribution in [0.3, 0.4) is 0 Å². The third-order valence-corrected chi connectivity index (χ3v) is 3.78. The lowest BCUT2D eigenvalue weighted by atomic mass is 10.1. The number of rotatable bonds is 4. The average molecular weight is 274 g/mol. The zero-order valence-electron chi connectivity index (χ0n) is 11.3. The van der Waals surface area contributed by atoms with Crippen molar-refractivity contribution in [3.8, 4) is 5.75 Å². The molecule has 3 rings (SSSR count). The largest absolute Gasteiger partial charge is 0.493 e. The predicted octanol–water partition coefficient (Wildman–Crippen LogP) is 0.559. The molecule has 0 bridgehead atoms. The summed E-state index contributed by atoms with van der Waals surface area (Å²) in [6, 6.07) is 5.83. The van der Waals surface area contributed by atoms with Gasteiger partial charge in [0.25, 0.3) is 0 Å². The number of hydrogen-bond donors (Lipinski definition) is 2. The summed E-state index contributed by atoms with van der Waals surface area (Å²) in [6.45, 7) is 1.35. The second kappa shape index (κ2) is 5.53. The van der Waals surface area contributed by atoms with Crippen molar-refractivity contribution >= 4 is 11.8 Å². The van der Waals surface area contributed by atoms with Gasteiger partial charge in [-0.05, 0) is 30.0 Å². The summed E-state index contributed by atoms with van der Waals surface area (Å²) in [5.41, 5.74) is 2.45. The summed E-state index contributed by atoms with van der Waals surface area (Å²) in [5.74, 6) is 0.857. The lowest BCUT2D eigenvalue weighted by Gasteiger charge is -2.11. The minimum absolute atomic E-state index is 0.0382. The van der Waals surface area contributed by atoms with Crippen LogP contribution >= 0.6 is 0 Å². The van der Waals surface area contributed by atoms with Gasteiger partial charge in [-0.1, -0.05) is 12.1 Å². The highest BCUT2D eigenvalue weighted by atomic mass is 16.5. The highest BCUT2D eigenvalue weighted by molar-refractivity contribution is 5.90. The van der Waals surface area contributed by atoms with E-state index in [-0.39, 0.29) is 17.9 Å². The maximum Gasteiger partial charge on any atom is 0.242 e. The van der Waals surface area contributed by atoms with E-state index in [4.69, 9.17) is 4.74 Å². The zero-order chi connectivity index (χ0) is 13.9. The summed E-state index contributed by atoms with van der Waals surface area (Å²) in [4.78, 5) is 22.9. The fourth-order valence-electron chi connectivity index (χ4n) is 2.66. The molecule has 5 heteroatoms. The topological polar surface area (TPSA) is 67.4 Å². The van der Waals surface area contributed by atoms with E-state index in [0.717, 1.165) is 25.2 Å². The lowest BCUT2D eigenvalue weighted by molar-refractivity contribution is -0.125. The highest BCUT2D eigenvalue weighted by Crippen LogP contribution is 2.25. The molecule has 106 valence electrons. The molecule has 20 heavy (non-hydrogen) atoms. The fourth-order valence-corrected chi connectivity index (χ4v) is 2.66. The highest BCUT2D eigenvalue weighted by Gasteiger charge is 2.26. The van der Waals surface area contributed by atoms with Crippen molar-refractivity contribution in [3.63, 3.8) is 0 Å². The Morgan fingerprint density at radius 2 is 2.30 bits per heavy atom. The third-order valence-electron chi connectivity index (χ3n) is 3.78. The predicted molar refractivity (Wildman–Crippen MR) is 73.5 cm³/mol. The van der Waals surface area contributed by atoms with E-state index in [9.17, 15) is 9.59 Å². The van der Waals surface area contributed by atoms with E-state index in [0.29, 0.717) is 19.4 Å². The molecule has 0 aromatic heterocycles. The van der Waals surface area contributed by atoms with Crippen LogP contribution in [0.5, 0.6) is 5.75 Å². The van der Waals surface area contributed by atoms with Gasteiger partial charge in [0, 0.05) is 19.4 Å². The Morgan fingerprint density at radius 3 is 3.10 bits per heavy atom. The first-order chi connectivity index (χ1) is 9.72. The van der Waals surface area contributed by atoms with E-state index in [2.05, 4.69) is 16.7 Å². The summed E-state index contributed by atoms with van der Waals surface area (Å²) >= 11 is 0. The van der Waals surface area contributed by atoms with Gasteiger partial charge in [-0.3, -0.25) is 9.59 Å². The Bertz CT molecular complexity index is 542. The number of carbonyl (C=O) groups excluding carboxylic acids is 2. The number of nitrogens with one attached hydrogen (secondary N) is 2. The van der Waals surface area contributed by atoms with Crippen molar-refractivity contribution in [2.24, 2.45) is 0 Å². The van der Waals surface area contributed by atoms with Crippen LogP contribution in [0, 0.1) is 0 Å². The number of benzene rings is 1. The maximum atomic E-state index is 11.8. The summed E-state index contributed by atoms with van der Waals surface area (Å²) in [7, 11) is 0. The van der Waals surface area contributed by atoms with Crippen molar-refractivity contribution in [2.45, 2.75) is 31.7 Å². The van der Waals surface area contributed by atoms with Crippen LogP contribution in [0.4, 0.5) is 0 Å². The molecule has 5 nitrogen and oxygen atoms in total. The number of carbonyl (C=O) groups is 2. The molecular weight excluding hydrogens is 256 g/mol. The van der Waals surface area contributed by atoms with Crippen molar-refractivity contribution in [1.82, 2.24) is 10.6 Å². The van der Waals surface area contributed by atoms with Crippen LogP contribution in [-0.2, 0) is 22.4 Å². The first kappa shape index (κ1) is 13.0. The quantitative estimate of drug-likeness (QED) is 0.843. The number of hydrogen-bond acceptors (Lipinski definition) is 3. The van der Waals surface area contributed by atoms with Crippen LogP contribution in [0.15, 0.2) is 18.2 Å². The SMILES string of the molecule is O=C1CCC(C(=O)NCCc2ccc3c(c2)CCO3)N1. The monoisotopic (exact) mass is 274 g/mol. The lowest BCUT2D eigenvalue weighted by Crippen LogP contribution is -2.42. The van der Waals surface area contributed by atoms with Gasteiger partial charge in [-0.2, -0.15) is 0 Å². The number of amides is 2.